The molecule has 0 aromatic carbocycles. The van der Waals surface area contributed by atoms with Crippen molar-refractivity contribution in [1.82, 2.24) is 0 Å². The number of carboxylic acids is 1. The van der Waals surface area contributed by atoms with Gasteiger partial charge in [-0.1, -0.05) is 18.7 Å². The molecular weight excluding hydrogens is 264 g/mol. The van der Waals surface area contributed by atoms with Gasteiger partial charge in [0.25, 0.3) is 0 Å². The summed E-state index contributed by atoms with van der Waals surface area (Å²) in [7, 11) is 0. The van der Waals surface area contributed by atoms with Crippen LogP contribution in [0, 0.1) is 11.8 Å². The molecule has 1 aliphatic rings. The van der Waals surface area contributed by atoms with E-state index >= 15 is 0 Å². The Labute approximate surface area is 117 Å². The van der Waals surface area contributed by atoms with Crippen LogP contribution < -0.4 is 0 Å². The molecule has 3 atom stereocenters. The van der Waals surface area contributed by atoms with Crippen molar-refractivity contribution in [3.05, 3.63) is 24.3 Å². The van der Waals surface area contributed by atoms with E-state index < -0.39 is 36.0 Å². The molecule has 0 bridgehead atoms. The van der Waals surface area contributed by atoms with Crippen molar-refractivity contribution < 1.29 is 29.0 Å². The highest BCUT2D eigenvalue weighted by molar-refractivity contribution is 5.87. The van der Waals surface area contributed by atoms with Gasteiger partial charge in [0.15, 0.2) is 0 Å². The molecule has 3 unspecified atom stereocenters. The maximum absolute atomic E-state index is 11.9. The third-order valence-corrected chi connectivity index (χ3v) is 2.91. The predicted molar refractivity (Wildman–Crippen MR) is 69.4 cm³/mol. The smallest absolute Gasteiger partial charge is 0.336 e. The number of carbonyl (C=O) groups is 3. The Morgan fingerprint density at radius 2 is 2.00 bits per heavy atom. The van der Waals surface area contributed by atoms with Crippen LogP contribution in [0.5, 0.6) is 0 Å². The van der Waals surface area contributed by atoms with Crippen LogP contribution in [0.4, 0.5) is 0 Å². The first-order valence-corrected chi connectivity index (χ1v) is 6.29. The zero-order valence-electron chi connectivity index (χ0n) is 11.5. The molecule has 0 radical (unpaired) electrons. The minimum Gasteiger partial charge on any atom is -0.481 e. The topological polar surface area (TPSA) is 89.9 Å². The number of hydrogen-bond acceptors (Lipinski definition) is 5. The monoisotopic (exact) mass is 282 g/mol. The molecule has 0 aromatic heterocycles. The summed E-state index contributed by atoms with van der Waals surface area (Å²) in [5.74, 6) is -4.08. The molecule has 1 N–H and O–H groups in total. The fraction of sp³-hybridized carbons (Fsp3) is 0.500. The van der Waals surface area contributed by atoms with E-state index in [2.05, 4.69) is 6.58 Å². The minimum atomic E-state index is -1.09. The second-order valence-corrected chi connectivity index (χ2v) is 4.67. The Hall–Kier alpha value is -2.11. The van der Waals surface area contributed by atoms with Crippen molar-refractivity contribution in [2.75, 3.05) is 0 Å². The third kappa shape index (κ3) is 4.22. The average molecular weight is 282 g/mol. The average Bonchev–Trinajstić information content (AvgIpc) is 2.38. The van der Waals surface area contributed by atoms with Crippen molar-refractivity contribution in [2.24, 2.45) is 11.8 Å². The molecule has 1 aliphatic carbocycles. The van der Waals surface area contributed by atoms with E-state index in [4.69, 9.17) is 14.6 Å². The lowest BCUT2D eigenvalue weighted by Gasteiger charge is -2.24. The van der Waals surface area contributed by atoms with Gasteiger partial charge in [0.1, 0.15) is 0 Å². The van der Waals surface area contributed by atoms with Crippen molar-refractivity contribution in [3.8, 4) is 0 Å². The van der Waals surface area contributed by atoms with Crippen molar-refractivity contribution in [3.63, 3.8) is 0 Å². The molecule has 0 spiro atoms. The van der Waals surface area contributed by atoms with Gasteiger partial charge >= 0.3 is 17.9 Å². The van der Waals surface area contributed by atoms with Crippen LogP contribution in [0.2, 0.25) is 0 Å². The Bertz CT molecular complexity index is 451. The highest BCUT2D eigenvalue weighted by Gasteiger charge is 2.35. The number of ether oxygens (including phenoxy) is 2. The number of carbonyl (C=O) groups excluding carboxylic acids is 2. The maximum atomic E-state index is 11.9. The third-order valence-electron chi connectivity index (χ3n) is 2.91. The van der Waals surface area contributed by atoms with E-state index in [1.807, 2.05) is 0 Å². The Morgan fingerprint density at radius 3 is 2.55 bits per heavy atom. The molecule has 6 heteroatoms. The van der Waals surface area contributed by atoms with Crippen LogP contribution in [0.25, 0.3) is 0 Å². The Kier molecular flexibility index (Phi) is 5.49. The normalized spacial score (nSPS) is 22.7. The summed E-state index contributed by atoms with van der Waals surface area (Å²) in [4.78, 5) is 34.3. The minimum absolute atomic E-state index is 0.189. The molecule has 110 valence electrons. The molecule has 0 aliphatic heterocycles. The zero-order chi connectivity index (χ0) is 15.3. The summed E-state index contributed by atoms with van der Waals surface area (Å²) in [5, 5.41) is 9.07. The van der Waals surface area contributed by atoms with Gasteiger partial charge in [0.2, 0.25) is 6.29 Å². The summed E-state index contributed by atoms with van der Waals surface area (Å²) in [6, 6.07) is 0. The second-order valence-electron chi connectivity index (χ2n) is 4.67. The van der Waals surface area contributed by atoms with Crippen LogP contribution in [0.3, 0.4) is 0 Å². The molecule has 0 fully saturated rings. The lowest BCUT2D eigenvalue weighted by Crippen LogP contribution is -2.34. The number of aliphatic carboxylic acids is 1. The van der Waals surface area contributed by atoms with E-state index in [1.165, 1.54) is 19.9 Å². The maximum Gasteiger partial charge on any atom is 0.336 e. The highest BCUT2D eigenvalue weighted by Crippen LogP contribution is 2.26. The van der Waals surface area contributed by atoms with Crippen LogP contribution in [0.1, 0.15) is 26.7 Å². The Balaban J connectivity index is 2.62. The summed E-state index contributed by atoms with van der Waals surface area (Å²) in [6.07, 6.45) is 3.18. The van der Waals surface area contributed by atoms with Gasteiger partial charge in [-0.2, -0.15) is 0 Å². The van der Waals surface area contributed by atoms with Gasteiger partial charge in [0.05, 0.1) is 11.8 Å². The van der Waals surface area contributed by atoms with Crippen molar-refractivity contribution >= 4 is 17.9 Å². The lowest BCUT2D eigenvalue weighted by atomic mass is 9.84. The van der Waals surface area contributed by atoms with E-state index in [0.29, 0.717) is 12.8 Å². The van der Waals surface area contributed by atoms with Gasteiger partial charge in [0, 0.05) is 12.5 Å². The number of hydrogen-bond donors (Lipinski definition) is 1. The number of allylic oxidation sites excluding steroid dienone is 1. The molecule has 1 rings (SSSR count). The molecule has 6 nitrogen and oxygen atoms in total. The summed E-state index contributed by atoms with van der Waals surface area (Å²) in [6.45, 7) is 6.27. The van der Waals surface area contributed by atoms with Gasteiger partial charge in [-0.15, -0.1) is 0 Å². The Morgan fingerprint density at radius 1 is 1.35 bits per heavy atom. The van der Waals surface area contributed by atoms with E-state index in [-0.39, 0.29) is 5.57 Å². The largest absolute Gasteiger partial charge is 0.481 e. The first-order chi connectivity index (χ1) is 9.32. The molecular formula is C14H18O6. The molecule has 0 saturated carbocycles. The van der Waals surface area contributed by atoms with Gasteiger partial charge < -0.3 is 14.6 Å². The zero-order valence-corrected chi connectivity index (χ0v) is 11.5. The fourth-order valence-corrected chi connectivity index (χ4v) is 1.87. The van der Waals surface area contributed by atoms with E-state index in [0.717, 1.165) is 0 Å². The first-order valence-electron chi connectivity index (χ1n) is 6.29. The number of esters is 2. The van der Waals surface area contributed by atoms with E-state index in [9.17, 15) is 14.4 Å². The first kappa shape index (κ1) is 15.9. The predicted octanol–water partition coefficient (Wildman–Crippen LogP) is 1.66. The number of rotatable bonds is 5. The van der Waals surface area contributed by atoms with Gasteiger partial charge in [-0.05, 0) is 19.8 Å². The highest BCUT2D eigenvalue weighted by atomic mass is 16.7. The number of carboxylic acid groups (broad SMARTS) is 1. The SMILES string of the molecule is C=C(C)C(=O)OC(C)OC(=O)C1C=CCCC1C(=O)O. The van der Waals surface area contributed by atoms with Crippen LogP contribution in [0.15, 0.2) is 24.3 Å². The quantitative estimate of drug-likeness (QED) is 0.357. The lowest BCUT2D eigenvalue weighted by molar-refractivity contribution is -0.186. The van der Waals surface area contributed by atoms with Crippen molar-refractivity contribution in [2.45, 2.75) is 33.0 Å². The fourth-order valence-electron chi connectivity index (χ4n) is 1.87. The van der Waals surface area contributed by atoms with Crippen LogP contribution >= 0.6 is 0 Å². The summed E-state index contributed by atoms with van der Waals surface area (Å²) < 4.78 is 9.77. The van der Waals surface area contributed by atoms with E-state index in [1.54, 1.807) is 6.08 Å². The second kappa shape index (κ2) is 6.88. The molecule has 0 saturated heterocycles. The van der Waals surface area contributed by atoms with Gasteiger partial charge in [-0.3, -0.25) is 9.59 Å². The molecule has 0 amide bonds. The molecule has 0 heterocycles. The molecule has 20 heavy (non-hydrogen) atoms. The van der Waals surface area contributed by atoms with Crippen molar-refractivity contribution in [1.29, 1.82) is 0 Å². The standard InChI is InChI=1S/C14H18O6/c1-8(2)13(17)19-9(3)20-14(18)11-7-5-4-6-10(11)12(15)16/h5,7,9-11H,1,4,6H2,2-3H3,(H,15,16). The summed E-state index contributed by atoms with van der Waals surface area (Å²) >= 11 is 0. The molecule has 0 aromatic rings. The van der Waals surface area contributed by atoms with Crippen LogP contribution in [-0.2, 0) is 23.9 Å². The van der Waals surface area contributed by atoms with Gasteiger partial charge in [-0.25, -0.2) is 4.79 Å². The van der Waals surface area contributed by atoms with Crippen LogP contribution in [-0.4, -0.2) is 29.3 Å². The summed E-state index contributed by atoms with van der Waals surface area (Å²) in [5.41, 5.74) is 0.189.